The predicted octanol–water partition coefficient (Wildman–Crippen LogP) is 4.92. The molecule has 5 rings (SSSR count). The van der Waals surface area contributed by atoms with Gasteiger partial charge in [-0.25, -0.2) is 9.97 Å². The number of imidazole rings is 1. The lowest BCUT2D eigenvalue weighted by atomic mass is 10.1. The minimum absolute atomic E-state index is 0.206. The molecule has 0 saturated heterocycles. The van der Waals surface area contributed by atoms with Crippen LogP contribution in [0.15, 0.2) is 53.4 Å². The first-order valence-electron chi connectivity index (χ1n) is 10.2. The van der Waals surface area contributed by atoms with Crippen LogP contribution < -0.4 is 10.6 Å². The van der Waals surface area contributed by atoms with Gasteiger partial charge in [-0.15, -0.1) is 0 Å². The summed E-state index contributed by atoms with van der Waals surface area (Å²) in [5, 5.41) is 4.39. The molecule has 174 valence electrons. The first-order valence-corrected chi connectivity index (χ1v) is 11.0. The number of carbonyl (C=O) groups excluding carboxylic acids is 1. The molecule has 0 aliphatic carbocycles. The summed E-state index contributed by atoms with van der Waals surface area (Å²) < 4.78 is 41.0. The van der Waals surface area contributed by atoms with Crippen molar-refractivity contribution in [1.29, 1.82) is 0 Å². The van der Waals surface area contributed by atoms with Gasteiger partial charge in [0.2, 0.25) is 0 Å². The van der Waals surface area contributed by atoms with Gasteiger partial charge in [0.1, 0.15) is 27.6 Å². The maximum absolute atomic E-state index is 13.5. The Morgan fingerprint density at radius 3 is 2.53 bits per heavy atom. The van der Waals surface area contributed by atoms with E-state index in [2.05, 4.69) is 36.0 Å². The number of nitrogens with zero attached hydrogens (tertiary/aromatic N) is 5. The van der Waals surface area contributed by atoms with Gasteiger partial charge in [0.15, 0.2) is 0 Å². The smallest absolute Gasteiger partial charge is 0.384 e. The fourth-order valence-corrected chi connectivity index (χ4v) is 4.39. The number of carbonyl (C=O) groups is 1. The third kappa shape index (κ3) is 3.73. The Balaban J connectivity index is 1.53. The van der Waals surface area contributed by atoms with Crippen LogP contribution in [0.4, 0.5) is 24.7 Å². The molecule has 1 aromatic carbocycles. The fourth-order valence-electron chi connectivity index (χ4n) is 3.90. The molecule has 34 heavy (non-hydrogen) atoms. The van der Waals surface area contributed by atoms with Crippen LogP contribution in [0.25, 0.3) is 22.6 Å². The average molecular weight is 532 g/mol. The summed E-state index contributed by atoms with van der Waals surface area (Å²) in [6.45, 7) is 2.15. The highest BCUT2D eigenvalue weighted by atomic mass is 79.9. The first-order chi connectivity index (χ1) is 16.1. The number of aromatic nitrogens is 5. The molecular formula is C22H17BrF3N7O. The minimum atomic E-state index is -4.45. The van der Waals surface area contributed by atoms with E-state index in [1.54, 1.807) is 29.2 Å². The molecule has 4 heterocycles. The van der Waals surface area contributed by atoms with Crippen LogP contribution in [0.1, 0.15) is 29.0 Å². The Labute approximate surface area is 199 Å². The monoisotopic (exact) mass is 531 g/mol. The van der Waals surface area contributed by atoms with Gasteiger partial charge in [-0.3, -0.25) is 9.48 Å². The molecule has 1 atom stereocenters. The molecule has 8 nitrogen and oxygen atoms in total. The summed E-state index contributed by atoms with van der Waals surface area (Å²) in [4.78, 5) is 26.8. The molecule has 4 aromatic rings. The van der Waals surface area contributed by atoms with Crippen LogP contribution in [0.3, 0.4) is 0 Å². The van der Waals surface area contributed by atoms with Crippen molar-refractivity contribution >= 4 is 33.3 Å². The van der Waals surface area contributed by atoms with Crippen molar-refractivity contribution in [2.45, 2.75) is 19.1 Å². The van der Waals surface area contributed by atoms with E-state index >= 15 is 0 Å². The van der Waals surface area contributed by atoms with Crippen molar-refractivity contribution in [1.82, 2.24) is 24.7 Å². The third-order valence-electron chi connectivity index (χ3n) is 5.59. The second-order valence-electron chi connectivity index (χ2n) is 7.88. The van der Waals surface area contributed by atoms with Crippen LogP contribution in [-0.4, -0.2) is 37.2 Å². The molecule has 0 bridgehead atoms. The molecule has 1 amide bonds. The summed E-state index contributed by atoms with van der Waals surface area (Å²) >= 11 is 3.47. The minimum Gasteiger partial charge on any atom is -0.384 e. The fraction of sp³-hybridized carbons (Fsp3) is 0.182. The second kappa shape index (κ2) is 7.97. The number of fused-ring (bicyclic) bond motifs is 1. The van der Waals surface area contributed by atoms with Crippen molar-refractivity contribution in [2.24, 2.45) is 0 Å². The summed E-state index contributed by atoms with van der Waals surface area (Å²) in [6, 6.07) is 7.76. The Kier molecular flexibility index (Phi) is 5.19. The molecule has 0 saturated carbocycles. The van der Waals surface area contributed by atoms with E-state index in [-0.39, 0.29) is 18.5 Å². The van der Waals surface area contributed by atoms with Crippen molar-refractivity contribution in [3.8, 4) is 22.6 Å². The molecular weight excluding hydrogens is 515 g/mol. The number of nitrogens with one attached hydrogen (secondary N) is 1. The maximum atomic E-state index is 13.5. The maximum Gasteiger partial charge on any atom is 0.416 e. The molecule has 1 unspecified atom stereocenters. The molecule has 0 fully saturated rings. The molecule has 3 N–H and O–H groups in total. The van der Waals surface area contributed by atoms with E-state index in [1.807, 2.05) is 6.92 Å². The Hall–Kier alpha value is -3.67. The quantitative estimate of drug-likeness (QED) is 0.390. The molecule has 12 heteroatoms. The molecule has 0 radical (unpaired) electrons. The number of hydrogen-bond acceptors (Lipinski definition) is 5. The van der Waals surface area contributed by atoms with E-state index in [4.69, 9.17) is 5.73 Å². The van der Waals surface area contributed by atoms with E-state index in [0.717, 1.165) is 12.1 Å². The van der Waals surface area contributed by atoms with Crippen LogP contribution in [0, 0.1) is 0 Å². The highest BCUT2D eigenvalue weighted by Gasteiger charge is 2.36. The summed E-state index contributed by atoms with van der Waals surface area (Å²) in [5.74, 6) is 0.518. The van der Waals surface area contributed by atoms with E-state index in [9.17, 15) is 18.0 Å². The number of H-pyrrole nitrogens is 1. The van der Waals surface area contributed by atoms with Gasteiger partial charge in [0, 0.05) is 24.0 Å². The second-order valence-corrected chi connectivity index (χ2v) is 8.67. The standard InChI is InChI=1S/C22H17BrF3N7O/c1-11-10-32(14-5-3-13(4-6-14)22(24,25)26)21(34)18-15(9-29-33(11)18)17-19(23)31-20(30-17)12-2-7-16(27)28-8-12/h2-9,11H,10H2,1H3,(H2,27,28)(H,30,31). The van der Waals surface area contributed by atoms with Crippen molar-refractivity contribution in [3.05, 3.63) is 64.7 Å². The number of anilines is 2. The Morgan fingerprint density at radius 1 is 1.15 bits per heavy atom. The highest BCUT2D eigenvalue weighted by Crippen LogP contribution is 2.37. The number of benzene rings is 1. The first kappa shape index (κ1) is 22.1. The number of rotatable bonds is 3. The number of pyridine rings is 1. The predicted molar refractivity (Wildman–Crippen MR) is 123 cm³/mol. The van der Waals surface area contributed by atoms with Crippen LogP contribution in [0.2, 0.25) is 0 Å². The number of hydrogen-bond donors (Lipinski definition) is 2. The van der Waals surface area contributed by atoms with Gasteiger partial charge < -0.3 is 15.6 Å². The summed E-state index contributed by atoms with van der Waals surface area (Å²) in [7, 11) is 0. The Morgan fingerprint density at radius 2 is 1.88 bits per heavy atom. The largest absolute Gasteiger partial charge is 0.416 e. The molecule has 3 aromatic heterocycles. The van der Waals surface area contributed by atoms with Gasteiger partial charge in [-0.05, 0) is 59.3 Å². The lowest BCUT2D eigenvalue weighted by molar-refractivity contribution is -0.137. The van der Waals surface area contributed by atoms with Crippen molar-refractivity contribution < 1.29 is 18.0 Å². The van der Waals surface area contributed by atoms with Crippen LogP contribution in [0.5, 0.6) is 0 Å². The number of amides is 1. The van der Waals surface area contributed by atoms with E-state index in [0.29, 0.717) is 44.4 Å². The van der Waals surface area contributed by atoms with Crippen LogP contribution in [-0.2, 0) is 6.18 Å². The number of nitrogen functional groups attached to an aromatic ring is 1. The Bertz CT molecular complexity index is 1380. The van der Waals surface area contributed by atoms with E-state index in [1.165, 1.54) is 17.0 Å². The number of aromatic amines is 1. The summed E-state index contributed by atoms with van der Waals surface area (Å²) in [5.41, 5.74) is 7.22. The number of halogens is 4. The van der Waals surface area contributed by atoms with Gasteiger partial charge in [-0.1, -0.05) is 0 Å². The van der Waals surface area contributed by atoms with Crippen molar-refractivity contribution in [2.75, 3.05) is 17.2 Å². The molecule has 1 aliphatic rings. The zero-order valence-corrected chi connectivity index (χ0v) is 19.2. The highest BCUT2D eigenvalue weighted by molar-refractivity contribution is 9.10. The zero-order chi connectivity index (χ0) is 24.2. The SMILES string of the molecule is CC1CN(c2ccc(C(F)(F)F)cc2)C(=O)c2c(-c3nc(-c4ccc(N)nc4)[nH]c3Br)cnn21. The summed E-state index contributed by atoms with van der Waals surface area (Å²) in [6.07, 6.45) is -1.31. The molecule has 0 spiro atoms. The van der Waals surface area contributed by atoms with Crippen molar-refractivity contribution in [3.63, 3.8) is 0 Å². The topological polar surface area (TPSA) is 106 Å². The third-order valence-corrected chi connectivity index (χ3v) is 6.16. The van der Waals surface area contributed by atoms with Gasteiger partial charge >= 0.3 is 6.18 Å². The van der Waals surface area contributed by atoms with Gasteiger partial charge in [0.05, 0.1) is 23.4 Å². The normalized spacial score (nSPS) is 16.1. The molecule has 1 aliphatic heterocycles. The van der Waals surface area contributed by atoms with Gasteiger partial charge in [0.25, 0.3) is 5.91 Å². The van der Waals surface area contributed by atoms with Gasteiger partial charge in [-0.2, -0.15) is 18.3 Å². The van der Waals surface area contributed by atoms with E-state index < -0.39 is 11.7 Å². The lowest BCUT2D eigenvalue weighted by Crippen LogP contribution is -2.42. The number of nitrogens with two attached hydrogens (primary N) is 1. The lowest BCUT2D eigenvalue weighted by Gasteiger charge is -2.32. The zero-order valence-electron chi connectivity index (χ0n) is 17.6. The number of alkyl halides is 3. The van der Waals surface area contributed by atoms with Crippen LogP contribution >= 0.6 is 15.9 Å². The average Bonchev–Trinajstić information content (AvgIpc) is 3.40.